The van der Waals surface area contributed by atoms with Gasteiger partial charge in [0.25, 0.3) is 5.56 Å². The number of fused-ring (bicyclic) bond motifs is 1. The fraction of sp³-hybridized carbons (Fsp3) is 0.421. The van der Waals surface area contributed by atoms with E-state index in [0.29, 0.717) is 16.6 Å². The number of halogens is 1. The molecule has 5 heteroatoms. The lowest BCUT2D eigenvalue weighted by molar-refractivity contribution is 0.191. The third-order valence-corrected chi connectivity index (χ3v) is 6.70. The van der Waals surface area contributed by atoms with E-state index in [1.807, 2.05) is 35.9 Å². The molecular weight excluding hydrogens is 340 g/mol. The standard InChI is InChI=1S/C19H21ClN2OS/c1-21-18-6-8-22(14-7-9-24-12-14)11-13(18)10-16(19(21)23)15-4-2-3-5-17(15)20/h2-5,10,14H,6-9,11-12H2,1H3. The number of rotatable bonds is 2. The molecule has 0 saturated carbocycles. The van der Waals surface area contributed by atoms with Gasteiger partial charge in [0.1, 0.15) is 0 Å². The smallest absolute Gasteiger partial charge is 0.258 e. The molecule has 1 fully saturated rings. The molecule has 0 spiro atoms. The van der Waals surface area contributed by atoms with Gasteiger partial charge in [-0.15, -0.1) is 0 Å². The summed E-state index contributed by atoms with van der Waals surface area (Å²) in [6, 6.07) is 10.4. The Bertz CT molecular complexity index is 827. The van der Waals surface area contributed by atoms with Crippen LogP contribution in [0.1, 0.15) is 17.7 Å². The largest absolute Gasteiger partial charge is 0.315 e. The summed E-state index contributed by atoms with van der Waals surface area (Å²) in [5.41, 5.74) is 4.04. The molecule has 3 heterocycles. The Hall–Kier alpha value is -1.23. The Morgan fingerprint density at radius 2 is 2.08 bits per heavy atom. The first kappa shape index (κ1) is 16.2. The van der Waals surface area contributed by atoms with E-state index in [1.54, 1.807) is 0 Å². The van der Waals surface area contributed by atoms with Crippen LogP contribution in [0.25, 0.3) is 11.1 Å². The highest BCUT2D eigenvalue weighted by Crippen LogP contribution is 2.30. The molecule has 126 valence electrons. The van der Waals surface area contributed by atoms with E-state index in [-0.39, 0.29) is 5.56 Å². The van der Waals surface area contributed by atoms with Crippen LogP contribution < -0.4 is 5.56 Å². The topological polar surface area (TPSA) is 25.2 Å². The summed E-state index contributed by atoms with van der Waals surface area (Å²) in [4.78, 5) is 15.4. The van der Waals surface area contributed by atoms with E-state index >= 15 is 0 Å². The summed E-state index contributed by atoms with van der Waals surface area (Å²) < 4.78 is 1.83. The summed E-state index contributed by atoms with van der Waals surface area (Å²) >= 11 is 8.39. The lowest BCUT2D eigenvalue weighted by Crippen LogP contribution is -2.41. The maximum Gasteiger partial charge on any atom is 0.258 e. The molecular formula is C19H21ClN2OS. The third-order valence-electron chi connectivity index (χ3n) is 5.22. The average Bonchev–Trinajstić information content (AvgIpc) is 3.13. The molecule has 0 bridgehead atoms. The number of hydrogen-bond donors (Lipinski definition) is 0. The molecule has 0 amide bonds. The Kier molecular flexibility index (Phi) is 4.46. The van der Waals surface area contributed by atoms with Gasteiger partial charge in [-0.25, -0.2) is 0 Å². The number of nitrogens with zero attached hydrogens (tertiary/aromatic N) is 2. The molecule has 1 saturated heterocycles. The highest BCUT2D eigenvalue weighted by atomic mass is 35.5. The molecule has 1 unspecified atom stereocenters. The van der Waals surface area contributed by atoms with Gasteiger partial charge in [0, 0.05) is 60.2 Å². The van der Waals surface area contributed by atoms with Gasteiger partial charge in [-0.05, 0) is 29.9 Å². The van der Waals surface area contributed by atoms with Crippen molar-refractivity contribution < 1.29 is 0 Å². The third kappa shape index (κ3) is 2.81. The summed E-state index contributed by atoms with van der Waals surface area (Å²) in [7, 11) is 1.89. The fourth-order valence-electron chi connectivity index (χ4n) is 3.84. The predicted molar refractivity (Wildman–Crippen MR) is 102 cm³/mol. The second kappa shape index (κ2) is 6.58. The zero-order valence-corrected chi connectivity index (χ0v) is 15.4. The minimum Gasteiger partial charge on any atom is -0.315 e. The molecule has 0 aliphatic carbocycles. The van der Waals surface area contributed by atoms with Gasteiger partial charge in [-0.3, -0.25) is 9.69 Å². The molecule has 4 rings (SSSR count). The minimum absolute atomic E-state index is 0.0479. The number of pyridine rings is 1. The Morgan fingerprint density at radius 1 is 1.25 bits per heavy atom. The highest BCUT2D eigenvalue weighted by Gasteiger charge is 2.28. The summed E-state index contributed by atoms with van der Waals surface area (Å²) in [6.07, 6.45) is 2.23. The van der Waals surface area contributed by atoms with E-state index in [4.69, 9.17) is 11.6 Å². The van der Waals surface area contributed by atoms with Gasteiger partial charge in [0.05, 0.1) is 0 Å². The summed E-state index contributed by atoms with van der Waals surface area (Å²) in [5.74, 6) is 2.50. The molecule has 2 aliphatic heterocycles. The maximum absolute atomic E-state index is 12.8. The van der Waals surface area contributed by atoms with Crippen molar-refractivity contribution in [2.45, 2.75) is 25.4 Å². The van der Waals surface area contributed by atoms with Gasteiger partial charge in [-0.2, -0.15) is 11.8 Å². The zero-order valence-electron chi connectivity index (χ0n) is 13.8. The Morgan fingerprint density at radius 3 is 2.83 bits per heavy atom. The van der Waals surface area contributed by atoms with Gasteiger partial charge in [0.2, 0.25) is 0 Å². The van der Waals surface area contributed by atoms with Gasteiger partial charge >= 0.3 is 0 Å². The number of aromatic nitrogens is 1. The van der Waals surface area contributed by atoms with E-state index < -0.39 is 0 Å². The molecule has 24 heavy (non-hydrogen) atoms. The highest BCUT2D eigenvalue weighted by molar-refractivity contribution is 7.99. The van der Waals surface area contributed by atoms with Crippen molar-refractivity contribution in [2.24, 2.45) is 7.05 Å². The van der Waals surface area contributed by atoms with E-state index in [1.165, 1.54) is 29.2 Å². The van der Waals surface area contributed by atoms with Crippen LogP contribution in [0, 0.1) is 0 Å². The number of thioether (sulfide) groups is 1. The molecule has 1 aromatic carbocycles. The number of benzene rings is 1. The van der Waals surface area contributed by atoms with Crippen molar-refractivity contribution >= 4 is 23.4 Å². The second-order valence-electron chi connectivity index (χ2n) is 6.61. The zero-order chi connectivity index (χ0) is 16.7. The normalized spacial score (nSPS) is 21.0. The maximum atomic E-state index is 12.8. The van der Waals surface area contributed by atoms with Crippen LogP contribution in [-0.2, 0) is 20.0 Å². The average molecular weight is 361 g/mol. The van der Waals surface area contributed by atoms with Gasteiger partial charge in [-0.1, -0.05) is 29.8 Å². The van der Waals surface area contributed by atoms with E-state index in [2.05, 4.69) is 22.7 Å². The lowest BCUT2D eigenvalue weighted by atomic mass is 9.98. The predicted octanol–water partition coefficient (Wildman–Crippen LogP) is 3.57. The summed E-state index contributed by atoms with van der Waals surface area (Å²) in [6.45, 7) is 1.99. The quantitative estimate of drug-likeness (QED) is 0.818. The van der Waals surface area contributed by atoms with Gasteiger partial charge in [0.15, 0.2) is 0 Å². The lowest BCUT2D eigenvalue weighted by Gasteiger charge is -2.34. The van der Waals surface area contributed by atoms with Crippen molar-refractivity contribution in [1.29, 1.82) is 0 Å². The van der Waals surface area contributed by atoms with E-state index in [0.717, 1.165) is 25.1 Å². The first-order valence-electron chi connectivity index (χ1n) is 8.43. The monoisotopic (exact) mass is 360 g/mol. The Balaban J connectivity index is 1.76. The SMILES string of the molecule is Cn1c2c(cc(-c3ccccc3Cl)c1=O)CN(C1CCSC1)CC2. The van der Waals surface area contributed by atoms with Crippen molar-refractivity contribution in [3.8, 4) is 11.1 Å². The minimum atomic E-state index is 0.0479. The Labute approximate surface area is 151 Å². The van der Waals surface area contributed by atoms with Crippen molar-refractivity contribution in [2.75, 3.05) is 18.1 Å². The fourth-order valence-corrected chi connectivity index (χ4v) is 5.34. The van der Waals surface area contributed by atoms with Crippen LogP contribution in [-0.4, -0.2) is 33.6 Å². The van der Waals surface area contributed by atoms with Crippen LogP contribution in [0.5, 0.6) is 0 Å². The summed E-state index contributed by atoms with van der Waals surface area (Å²) in [5, 5.41) is 0.634. The van der Waals surface area contributed by atoms with Crippen LogP contribution in [0.15, 0.2) is 35.1 Å². The molecule has 2 aromatic rings. The van der Waals surface area contributed by atoms with Crippen LogP contribution in [0.2, 0.25) is 5.02 Å². The van der Waals surface area contributed by atoms with Crippen LogP contribution in [0.4, 0.5) is 0 Å². The van der Waals surface area contributed by atoms with Gasteiger partial charge < -0.3 is 4.57 Å². The van der Waals surface area contributed by atoms with Crippen LogP contribution in [0.3, 0.4) is 0 Å². The first-order chi connectivity index (χ1) is 11.6. The molecule has 0 radical (unpaired) electrons. The first-order valence-corrected chi connectivity index (χ1v) is 9.97. The van der Waals surface area contributed by atoms with Crippen molar-refractivity contribution in [3.05, 3.63) is 57.0 Å². The van der Waals surface area contributed by atoms with Crippen molar-refractivity contribution in [1.82, 2.24) is 9.47 Å². The van der Waals surface area contributed by atoms with Crippen molar-refractivity contribution in [3.63, 3.8) is 0 Å². The van der Waals surface area contributed by atoms with E-state index in [9.17, 15) is 4.79 Å². The number of hydrogen-bond acceptors (Lipinski definition) is 3. The van der Waals surface area contributed by atoms with Crippen LogP contribution >= 0.6 is 23.4 Å². The molecule has 0 N–H and O–H groups in total. The molecule has 1 atom stereocenters. The molecule has 2 aliphatic rings. The molecule has 1 aromatic heterocycles. The second-order valence-corrected chi connectivity index (χ2v) is 8.17. The molecule has 3 nitrogen and oxygen atoms in total.